The fourth-order valence-electron chi connectivity index (χ4n) is 2.51. The third kappa shape index (κ3) is 3.23. The van der Waals surface area contributed by atoms with Crippen LogP contribution in [0.2, 0.25) is 0 Å². The second kappa shape index (κ2) is 6.58. The summed E-state index contributed by atoms with van der Waals surface area (Å²) in [6.07, 6.45) is 0. The molecule has 136 valence electrons. The average Bonchev–Trinajstić information content (AvgIpc) is 2.87. The summed E-state index contributed by atoms with van der Waals surface area (Å²) in [6, 6.07) is 9.12. The van der Waals surface area contributed by atoms with Crippen molar-refractivity contribution in [1.29, 1.82) is 0 Å². The molecule has 7 nitrogen and oxygen atoms in total. The first-order valence-electron chi connectivity index (χ1n) is 7.54. The Bertz CT molecular complexity index is 1180. The number of thiazole rings is 1. The molecule has 0 aliphatic carbocycles. The molecule has 0 saturated carbocycles. The Hall–Kier alpha value is -2.65. The molecule has 0 unspecified atom stereocenters. The molecular weight excluding hydrogens is 376 g/mol. The molecular formula is C17H16N2O5S2. The maximum atomic E-state index is 12.7. The molecule has 3 rings (SSSR count). The summed E-state index contributed by atoms with van der Waals surface area (Å²) >= 11 is 1.04. The van der Waals surface area contributed by atoms with E-state index in [0.717, 1.165) is 16.9 Å². The van der Waals surface area contributed by atoms with Crippen molar-refractivity contribution in [3.05, 3.63) is 57.2 Å². The van der Waals surface area contributed by atoms with Crippen LogP contribution in [-0.2, 0) is 21.8 Å². The number of hydrogen-bond acceptors (Lipinski definition) is 6. The van der Waals surface area contributed by atoms with E-state index in [1.807, 2.05) is 0 Å². The van der Waals surface area contributed by atoms with E-state index in [-0.39, 0.29) is 15.3 Å². The molecule has 3 aromatic rings. The number of anilines is 1. The van der Waals surface area contributed by atoms with Gasteiger partial charge in [-0.05, 0) is 42.8 Å². The molecule has 9 heteroatoms. The maximum absolute atomic E-state index is 12.7. The van der Waals surface area contributed by atoms with Gasteiger partial charge >= 0.3 is 10.8 Å². The van der Waals surface area contributed by atoms with Crippen LogP contribution in [0.5, 0.6) is 0 Å². The number of methoxy groups -OCH3 is 1. The van der Waals surface area contributed by atoms with Crippen LogP contribution in [0.4, 0.5) is 5.69 Å². The third-order valence-corrected chi connectivity index (χ3v) is 6.34. The Labute approximate surface area is 153 Å². The van der Waals surface area contributed by atoms with Crippen molar-refractivity contribution in [3.8, 4) is 0 Å². The number of carbonyl (C=O) groups is 1. The number of aromatic nitrogens is 1. The standard InChI is InChI=1S/C17H16N2O5S2/c1-10-4-6-12(9-13(10)16(20)24-3)26(22,23)18-11-5-7-14-15(8-11)25-17(21)19(14)2/h4-9,18H,1-3H3. The van der Waals surface area contributed by atoms with Crippen molar-refractivity contribution >= 4 is 43.2 Å². The lowest BCUT2D eigenvalue weighted by Crippen LogP contribution is -2.14. The molecule has 1 N–H and O–H groups in total. The van der Waals surface area contributed by atoms with Gasteiger partial charge in [-0.3, -0.25) is 9.52 Å². The number of benzene rings is 2. The highest BCUT2D eigenvalue weighted by atomic mass is 32.2. The number of sulfonamides is 1. The Morgan fingerprint density at radius 2 is 1.92 bits per heavy atom. The first-order valence-corrected chi connectivity index (χ1v) is 9.84. The normalized spacial score (nSPS) is 11.5. The fourth-order valence-corrected chi connectivity index (χ4v) is 4.50. The van der Waals surface area contributed by atoms with Crippen LogP contribution in [-0.4, -0.2) is 26.1 Å². The van der Waals surface area contributed by atoms with E-state index in [0.29, 0.717) is 16.0 Å². The maximum Gasteiger partial charge on any atom is 0.338 e. The summed E-state index contributed by atoms with van der Waals surface area (Å²) in [5.74, 6) is -0.602. The predicted molar refractivity (Wildman–Crippen MR) is 100 cm³/mol. The van der Waals surface area contributed by atoms with Gasteiger partial charge in [0.05, 0.1) is 33.5 Å². The highest BCUT2D eigenvalue weighted by Gasteiger charge is 2.19. The van der Waals surface area contributed by atoms with Crippen LogP contribution in [0.1, 0.15) is 15.9 Å². The topological polar surface area (TPSA) is 94.5 Å². The molecule has 0 spiro atoms. The number of carbonyl (C=O) groups excluding carboxylic acids is 1. The molecule has 26 heavy (non-hydrogen) atoms. The van der Waals surface area contributed by atoms with Gasteiger partial charge < -0.3 is 9.30 Å². The van der Waals surface area contributed by atoms with Crippen LogP contribution in [0, 0.1) is 6.92 Å². The summed E-state index contributed by atoms with van der Waals surface area (Å²) in [4.78, 5) is 23.3. The molecule has 1 heterocycles. The molecule has 0 atom stereocenters. The van der Waals surface area contributed by atoms with Crippen molar-refractivity contribution in [2.45, 2.75) is 11.8 Å². The summed E-state index contributed by atoms with van der Waals surface area (Å²) < 4.78 is 34.6. The summed E-state index contributed by atoms with van der Waals surface area (Å²) in [7, 11) is -1.01. The van der Waals surface area contributed by atoms with E-state index in [2.05, 4.69) is 9.46 Å². The van der Waals surface area contributed by atoms with Crippen molar-refractivity contribution in [2.75, 3.05) is 11.8 Å². The quantitative estimate of drug-likeness (QED) is 0.689. The number of hydrogen-bond donors (Lipinski definition) is 1. The van der Waals surface area contributed by atoms with Gasteiger partial charge in [0, 0.05) is 7.05 Å². The molecule has 0 aliphatic rings. The van der Waals surface area contributed by atoms with E-state index in [9.17, 15) is 18.0 Å². The van der Waals surface area contributed by atoms with E-state index in [1.165, 1.54) is 23.8 Å². The Morgan fingerprint density at radius 3 is 2.62 bits per heavy atom. The van der Waals surface area contributed by atoms with Gasteiger partial charge in [-0.25, -0.2) is 13.2 Å². The van der Waals surface area contributed by atoms with Gasteiger partial charge in [-0.1, -0.05) is 17.4 Å². The number of ether oxygens (including phenoxy) is 1. The van der Waals surface area contributed by atoms with E-state index in [1.54, 1.807) is 38.2 Å². The minimum atomic E-state index is -3.90. The number of nitrogens with zero attached hydrogens (tertiary/aromatic N) is 1. The lowest BCUT2D eigenvalue weighted by atomic mass is 10.1. The average molecular weight is 392 g/mol. The first-order chi connectivity index (χ1) is 12.2. The van der Waals surface area contributed by atoms with Crippen molar-refractivity contribution < 1.29 is 17.9 Å². The fraction of sp³-hybridized carbons (Fsp3) is 0.176. The van der Waals surface area contributed by atoms with E-state index < -0.39 is 16.0 Å². The number of aryl methyl sites for hydroxylation is 2. The molecule has 0 radical (unpaired) electrons. The summed E-state index contributed by atoms with van der Waals surface area (Å²) in [5, 5.41) is 0. The predicted octanol–water partition coefficient (Wildman–Crippen LogP) is 2.50. The van der Waals surface area contributed by atoms with Gasteiger partial charge in [0.2, 0.25) is 0 Å². The minimum Gasteiger partial charge on any atom is -0.465 e. The van der Waals surface area contributed by atoms with E-state index in [4.69, 9.17) is 0 Å². The highest BCUT2D eigenvalue weighted by molar-refractivity contribution is 7.92. The summed E-state index contributed by atoms with van der Waals surface area (Å²) in [6.45, 7) is 1.70. The molecule has 0 bridgehead atoms. The number of esters is 1. The SMILES string of the molecule is COC(=O)c1cc(S(=O)(=O)Nc2ccc3c(c2)sc(=O)n3C)ccc1C. The number of fused-ring (bicyclic) bond motifs is 1. The van der Waals surface area contributed by atoms with Crippen LogP contribution < -0.4 is 9.60 Å². The van der Waals surface area contributed by atoms with Crippen molar-refractivity contribution in [2.24, 2.45) is 7.05 Å². The van der Waals surface area contributed by atoms with Gasteiger partial charge in [0.15, 0.2) is 0 Å². The molecule has 2 aromatic carbocycles. The zero-order valence-corrected chi connectivity index (χ0v) is 15.9. The second-order valence-corrected chi connectivity index (χ2v) is 8.36. The zero-order chi connectivity index (χ0) is 19.1. The van der Waals surface area contributed by atoms with Crippen molar-refractivity contribution in [1.82, 2.24) is 4.57 Å². The molecule has 0 saturated heterocycles. The Morgan fingerprint density at radius 1 is 1.19 bits per heavy atom. The lowest BCUT2D eigenvalue weighted by Gasteiger charge is -2.10. The zero-order valence-electron chi connectivity index (χ0n) is 14.3. The number of nitrogens with one attached hydrogen (secondary N) is 1. The highest BCUT2D eigenvalue weighted by Crippen LogP contribution is 2.24. The van der Waals surface area contributed by atoms with Gasteiger partial charge in [-0.2, -0.15) is 0 Å². The Balaban J connectivity index is 1.99. The third-order valence-electron chi connectivity index (χ3n) is 3.97. The minimum absolute atomic E-state index is 0.0511. The monoisotopic (exact) mass is 392 g/mol. The largest absolute Gasteiger partial charge is 0.465 e. The van der Waals surface area contributed by atoms with Crippen LogP contribution in [0.25, 0.3) is 10.2 Å². The van der Waals surface area contributed by atoms with Gasteiger partial charge in [-0.15, -0.1) is 0 Å². The smallest absolute Gasteiger partial charge is 0.338 e. The van der Waals surface area contributed by atoms with Gasteiger partial charge in [0.1, 0.15) is 0 Å². The molecule has 0 fully saturated rings. The lowest BCUT2D eigenvalue weighted by molar-refractivity contribution is 0.0599. The van der Waals surface area contributed by atoms with Crippen LogP contribution in [0.3, 0.4) is 0 Å². The van der Waals surface area contributed by atoms with Crippen LogP contribution in [0.15, 0.2) is 46.1 Å². The molecule has 0 amide bonds. The second-order valence-electron chi connectivity index (χ2n) is 5.68. The van der Waals surface area contributed by atoms with Crippen LogP contribution >= 0.6 is 11.3 Å². The Kier molecular flexibility index (Phi) is 4.59. The summed E-state index contributed by atoms with van der Waals surface area (Å²) in [5.41, 5.74) is 1.86. The van der Waals surface area contributed by atoms with Gasteiger partial charge in [0.25, 0.3) is 10.0 Å². The van der Waals surface area contributed by atoms with Crippen molar-refractivity contribution in [3.63, 3.8) is 0 Å². The number of rotatable bonds is 4. The molecule has 0 aliphatic heterocycles. The van der Waals surface area contributed by atoms with E-state index >= 15 is 0 Å². The molecule has 1 aromatic heterocycles. The first kappa shape index (κ1) is 18.2.